The Labute approximate surface area is 194 Å². The third-order valence-electron chi connectivity index (χ3n) is 5.67. The smallest absolute Gasteiger partial charge is 0.192 e. The first-order valence-electron chi connectivity index (χ1n) is 10.5. The number of para-hydroxylation sites is 1. The summed E-state index contributed by atoms with van der Waals surface area (Å²) in [6.45, 7) is 5.67. The molecule has 1 aromatic carbocycles. The van der Waals surface area contributed by atoms with E-state index >= 15 is 0 Å². The number of aromatic nitrogens is 1. The molecule has 1 atom stereocenters. The highest BCUT2D eigenvalue weighted by atomic mass is 127. The fourth-order valence-corrected chi connectivity index (χ4v) is 5.04. The molecule has 1 fully saturated rings. The topological polar surface area (TPSA) is 58.5 Å². The lowest BCUT2D eigenvalue weighted by atomic mass is 9.86. The van der Waals surface area contributed by atoms with Gasteiger partial charge < -0.3 is 15.4 Å². The molecule has 2 N–H and O–H groups in total. The van der Waals surface area contributed by atoms with Crippen molar-refractivity contribution in [3.63, 3.8) is 0 Å². The summed E-state index contributed by atoms with van der Waals surface area (Å²) in [5.74, 6) is 1.87. The van der Waals surface area contributed by atoms with Crippen molar-refractivity contribution < 1.29 is 4.74 Å². The number of ether oxygens (including phenoxy) is 1. The zero-order valence-corrected chi connectivity index (χ0v) is 20.4. The Balaban J connectivity index is 0.00000240. The summed E-state index contributed by atoms with van der Waals surface area (Å²) >= 11 is 1.72. The molecule has 2 aromatic rings. The number of fused-ring (bicyclic) bond motifs is 1. The lowest BCUT2D eigenvalue weighted by Crippen LogP contribution is -2.46. The number of aliphatic imine (C=N–C) groups is 1. The zero-order chi connectivity index (χ0) is 19.4. The van der Waals surface area contributed by atoms with Crippen LogP contribution in [-0.2, 0) is 13.0 Å². The molecule has 2 aliphatic rings. The van der Waals surface area contributed by atoms with Crippen LogP contribution in [0.2, 0.25) is 0 Å². The van der Waals surface area contributed by atoms with Gasteiger partial charge in [-0.15, -0.1) is 35.3 Å². The van der Waals surface area contributed by atoms with Crippen LogP contribution in [-0.4, -0.2) is 23.1 Å². The Morgan fingerprint density at radius 3 is 2.79 bits per heavy atom. The van der Waals surface area contributed by atoms with Crippen molar-refractivity contribution in [1.82, 2.24) is 15.6 Å². The second-order valence-corrected chi connectivity index (χ2v) is 8.66. The molecule has 0 amide bonds. The monoisotopic (exact) mass is 526 g/mol. The summed E-state index contributed by atoms with van der Waals surface area (Å²) in [6.07, 6.45) is 6.77. The van der Waals surface area contributed by atoms with Gasteiger partial charge in [0.15, 0.2) is 5.96 Å². The Hall–Kier alpha value is -1.35. The van der Waals surface area contributed by atoms with Gasteiger partial charge in [-0.2, -0.15) is 0 Å². The molecule has 29 heavy (non-hydrogen) atoms. The van der Waals surface area contributed by atoms with E-state index in [2.05, 4.69) is 59.1 Å². The highest BCUT2D eigenvalue weighted by Crippen LogP contribution is 2.46. The fraction of sp³-hybridized carbons (Fsp3) is 0.545. The van der Waals surface area contributed by atoms with E-state index in [1.54, 1.807) is 11.3 Å². The number of hydrogen-bond acceptors (Lipinski definition) is 4. The van der Waals surface area contributed by atoms with Gasteiger partial charge in [0.25, 0.3) is 0 Å². The average Bonchev–Trinajstić information content (AvgIpc) is 3.36. The lowest BCUT2D eigenvalue weighted by molar-refractivity contribution is 0.0396. The molecule has 158 valence electrons. The summed E-state index contributed by atoms with van der Waals surface area (Å²) in [6, 6.07) is 8.65. The van der Waals surface area contributed by atoms with Gasteiger partial charge >= 0.3 is 0 Å². The van der Waals surface area contributed by atoms with E-state index in [0.717, 1.165) is 49.6 Å². The molecule has 1 aliphatic heterocycles. The van der Waals surface area contributed by atoms with Gasteiger partial charge in [0, 0.05) is 23.9 Å². The maximum absolute atomic E-state index is 6.49. The summed E-state index contributed by atoms with van der Waals surface area (Å²) in [4.78, 5) is 9.45. The van der Waals surface area contributed by atoms with Crippen LogP contribution in [0.1, 0.15) is 68.3 Å². The van der Waals surface area contributed by atoms with Crippen LogP contribution in [0.25, 0.3) is 0 Å². The Kier molecular flexibility index (Phi) is 7.79. The van der Waals surface area contributed by atoms with Gasteiger partial charge in [-0.05, 0) is 45.1 Å². The van der Waals surface area contributed by atoms with Crippen LogP contribution in [0.4, 0.5) is 0 Å². The van der Waals surface area contributed by atoms with Crippen LogP contribution in [0.3, 0.4) is 0 Å². The van der Waals surface area contributed by atoms with Crippen molar-refractivity contribution in [2.24, 2.45) is 4.99 Å². The molecule has 1 aliphatic carbocycles. The van der Waals surface area contributed by atoms with Crippen LogP contribution >= 0.6 is 35.3 Å². The summed E-state index contributed by atoms with van der Waals surface area (Å²) in [5, 5.41) is 10.4. The standard InChI is InChI=1S/C22H30N4OS.HI/c1-3-20-25-16(15-28-20)14-24-21(23-4-2)26-18-13-22(11-7-8-12-22)27-19-10-6-5-9-17(18)19;/h5-6,9-10,15,18H,3-4,7-8,11-14H2,1-2H3,(H2,23,24,26);1H. The second kappa shape index (κ2) is 10.1. The molecule has 4 rings (SSSR count). The molecule has 5 nitrogen and oxygen atoms in total. The molecule has 2 heterocycles. The van der Waals surface area contributed by atoms with Gasteiger partial charge in [-0.25, -0.2) is 9.98 Å². The van der Waals surface area contributed by atoms with E-state index < -0.39 is 0 Å². The van der Waals surface area contributed by atoms with Gasteiger partial charge in [0.1, 0.15) is 11.4 Å². The summed E-state index contributed by atoms with van der Waals surface area (Å²) < 4.78 is 6.49. The number of halogens is 1. The van der Waals surface area contributed by atoms with E-state index in [1.165, 1.54) is 23.4 Å². The minimum Gasteiger partial charge on any atom is -0.487 e. The number of nitrogens with zero attached hydrogens (tertiary/aromatic N) is 2. The van der Waals surface area contributed by atoms with Gasteiger partial charge in [0.2, 0.25) is 0 Å². The minimum atomic E-state index is -0.0196. The average molecular weight is 526 g/mol. The molecule has 1 unspecified atom stereocenters. The maximum Gasteiger partial charge on any atom is 0.192 e. The maximum atomic E-state index is 6.49. The first-order chi connectivity index (χ1) is 13.7. The first kappa shape index (κ1) is 22.3. The SMILES string of the molecule is CCNC(=NCc1csc(CC)n1)NC1CC2(CCCC2)Oc2ccccc21.I. The molecule has 0 saturated heterocycles. The lowest BCUT2D eigenvalue weighted by Gasteiger charge is -2.40. The van der Waals surface area contributed by atoms with Crippen molar-refractivity contribution in [2.75, 3.05) is 6.54 Å². The molecule has 1 spiro atoms. The summed E-state index contributed by atoms with van der Waals surface area (Å²) in [5.41, 5.74) is 2.25. The van der Waals surface area contributed by atoms with Crippen molar-refractivity contribution in [3.05, 3.63) is 45.9 Å². The molecule has 1 aromatic heterocycles. The molecule has 0 radical (unpaired) electrons. The quantitative estimate of drug-likeness (QED) is 0.319. The van der Waals surface area contributed by atoms with Crippen LogP contribution in [0.5, 0.6) is 5.75 Å². The summed E-state index contributed by atoms with van der Waals surface area (Å²) in [7, 11) is 0. The Morgan fingerprint density at radius 1 is 1.28 bits per heavy atom. The number of rotatable bonds is 5. The fourth-order valence-electron chi connectivity index (χ4n) is 4.30. The number of thiazole rings is 1. The number of benzene rings is 1. The molecule has 0 bridgehead atoms. The van der Waals surface area contributed by atoms with Crippen LogP contribution < -0.4 is 15.4 Å². The van der Waals surface area contributed by atoms with Gasteiger partial charge in [0.05, 0.1) is 23.3 Å². The number of nitrogens with one attached hydrogen (secondary N) is 2. The molecular weight excluding hydrogens is 495 g/mol. The van der Waals surface area contributed by atoms with Gasteiger partial charge in [-0.3, -0.25) is 0 Å². The highest BCUT2D eigenvalue weighted by molar-refractivity contribution is 14.0. The van der Waals surface area contributed by atoms with Crippen molar-refractivity contribution >= 4 is 41.3 Å². The van der Waals surface area contributed by atoms with Crippen LogP contribution in [0.15, 0.2) is 34.6 Å². The van der Waals surface area contributed by atoms with Crippen molar-refractivity contribution in [3.8, 4) is 5.75 Å². The molecule has 1 saturated carbocycles. The predicted octanol–water partition coefficient (Wildman–Crippen LogP) is 5.22. The predicted molar refractivity (Wildman–Crippen MR) is 130 cm³/mol. The third-order valence-corrected chi connectivity index (χ3v) is 6.71. The van der Waals surface area contributed by atoms with E-state index in [9.17, 15) is 0 Å². The molecular formula is C22H31IN4OS. The number of hydrogen-bond donors (Lipinski definition) is 2. The number of aryl methyl sites for hydroxylation is 1. The Bertz CT molecular complexity index is 832. The second-order valence-electron chi connectivity index (χ2n) is 7.71. The Morgan fingerprint density at radius 2 is 2.07 bits per heavy atom. The first-order valence-corrected chi connectivity index (χ1v) is 11.4. The van der Waals surface area contributed by atoms with E-state index in [4.69, 9.17) is 9.73 Å². The van der Waals surface area contributed by atoms with E-state index in [-0.39, 0.29) is 35.6 Å². The zero-order valence-electron chi connectivity index (χ0n) is 17.2. The molecule has 7 heteroatoms. The highest BCUT2D eigenvalue weighted by Gasteiger charge is 2.43. The third kappa shape index (κ3) is 5.23. The van der Waals surface area contributed by atoms with E-state index in [1.807, 2.05) is 0 Å². The van der Waals surface area contributed by atoms with Crippen LogP contribution in [0, 0.1) is 0 Å². The largest absolute Gasteiger partial charge is 0.487 e. The normalized spacial score (nSPS) is 19.9. The number of guanidine groups is 1. The minimum absolute atomic E-state index is 0. The van der Waals surface area contributed by atoms with Crippen molar-refractivity contribution in [1.29, 1.82) is 0 Å². The van der Waals surface area contributed by atoms with Crippen molar-refractivity contribution in [2.45, 2.75) is 70.6 Å². The van der Waals surface area contributed by atoms with Gasteiger partial charge in [-0.1, -0.05) is 25.1 Å². The van der Waals surface area contributed by atoms with E-state index in [0.29, 0.717) is 6.54 Å².